The van der Waals surface area contributed by atoms with E-state index in [-0.39, 0.29) is 11.2 Å². The predicted octanol–water partition coefficient (Wildman–Crippen LogP) is 3.83. The molecule has 34 heavy (non-hydrogen) atoms. The molecule has 0 saturated carbocycles. The van der Waals surface area contributed by atoms with Gasteiger partial charge in [-0.15, -0.1) is 0 Å². The van der Waals surface area contributed by atoms with Gasteiger partial charge in [0.25, 0.3) is 0 Å². The molecule has 0 fully saturated rings. The van der Waals surface area contributed by atoms with E-state index in [0.717, 1.165) is 24.3 Å². The summed E-state index contributed by atoms with van der Waals surface area (Å²) in [6, 6.07) is 7.71. The topological polar surface area (TPSA) is 95.0 Å². The Bertz CT molecular complexity index is 1300. The zero-order valence-electron chi connectivity index (χ0n) is 19.7. The van der Waals surface area contributed by atoms with Gasteiger partial charge in [-0.2, -0.15) is 0 Å². The highest BCUT2D eigenvalue weighted by Gasteiger charge is 2.43. The van der Waals surface area contributed by atoms with Crippen molar-refractivity contribution in [1.29, 1.82) is 5.41 Å². The summed E-state index contributed by atoms with van der Waals surface area (Å²) in [5.74, 6) is 1.52. The third-order valence-electron chi connectivity index (χ3n) is 6.59. The first-order valence-corrected chi connectivity index (χ1v) is 11.5. The van der Waals surface area contributed by atoms with Crippen LogP contribution < -0.4 is 15.0 Å². The summed E-state index contributed by atoms with van der Waals surface area (Å²) in [5, 5.41) is 9.05. The van der Waals surface area contributed by atoms with E-state index >= 15 is 0 Å². The molecule has 2 aliphatic rings. The van der Waals surface area contributed by atoms with Crippen molar-refractivity contribution in [2.45, 2.75) is 52.1 Å². The molecule has 5 rings (SSSR count). The van der Waals surface area contributed by atoms with E-state index in [4.69, 9.17) is 14.9 Å². The minimum Gasteiger partial charge on any atom is -0.497 e. The van der Waals surface area contributed by atoms with E-state index in [1.807, 2.05) is 39.6 Å². The number of carbonyl (C=O) groups is 1. The van der Waals surface area contributed by atoms with E-state index < -0.39 is 5.92 Å². The first kappa shape index (κ1) is 22.1. The Balaban J connectivity index is 1.57. The molecule has 0 unspecified atom stereocenters. The Kier molecular flexibility index (Phi) is 5.59. The number of nitrogens with zero attached hydrogens (tertiary/aromatic N) is 4. The lowest BCUT2D eigenvalue weighted by Crippen LogP contribution is -2.37. The number of Topliss-reactive ketones (excluding diaryl/α,β-unsaturated/α-hetero) is 1. The van der Waals surface area contributed by atoms with E-state index in [9.17, 15) is 4.79 Å². The quantitative estimate of drug-likeness (QED) is 0.605. The van der Waals surface area contributed by atoms with Crippen molar-refractivity contribution >= 4 is 5.78 Å². The number of methoxy groups -OCH3 is 1. The van der Waals surface area contributed by atoms with Gasteiger partial charge in [-0.05, 0) is 29.5 Å². The Hall–Kier alpha value is -3.68. The average molecular weight is 460 g/mol. The van der Waals surface area contributed by atoms with Crippen LogP contribution in [0.2, 0.25) is 0 Å². The Morgan fingerprint density at radius 2 is 1.97 bits per heavy atom. The molecule has 2 aromatic heterocycles. The third kappa shape index (κ3) is 4.04. The van der Waals surface area contributed by atoms with Crippen LogP contribution in [0.25, 0.3) is 0 Å². The van der Waals surface area contributed by atoms with Gasteiger partial charge < -0.3 is 18.6 Å². The maximum absolute atomic E-state index is 13.4. The van der Waals surface area contributed by atoms with Crippen molar-refractivity contribution in [3.8, 4) is 11.6 Å². The van der Waals surface area contributed by atoms with E-state index in [2.05, 4.69) is 23.8 Å². The smallest absolute Gasteiger partial charge is 0.228 e. The van der Waals surface area contributed by atoms with Crippen molar-refractivity contribution < 1.29 is 14.3 Å². The molecule has 0 bridgehead atoms. The van der Waals surface area contributed by atoms with Gasteiger partial charge in [-0.3, -0.25) is 10.2 Å². The second-order valence-corrected chi connectivity index (χ2v) is 9.75. The number of aromatic nitrogens is 4. The van der Waals surface area contributed by atoms with E-state index in [1.54, 1.807) is 26.0 Å². The minimum absolute atomic E-state index is 0.0765. The van der Waals surface area contributed by atoms with Crippen LogP contribution in [0.1, 0.15) is 50.2 Å². The molecule has 0 radical (unpaired) electrons. The number of carbonyl (C=O) groups excluding carboxylic acids is 1. The number of fused-ring (bicyclic) bond motifs is 1. The second kappa shape index (κ2) is 8.59. The van der Waals surface area contributed by atoms with Gasteiger partial charge in [0.15, 0.2) is 5.78 Å². The van der Waals surface area contributed by atoms with Crippen molar-refractivity contribution in [2.24, 2.45) is 5.41 Å². The molecule has 176 valence electrons. The molecule has 8 nitrogen and oxygen atoms in total. The normalized spacial score (nSPS) is 18.8. The molecule has 1 aliphatic heterocycles. The molecule has 3 heterocycles. The lowest BCUT2D eigenvalue weighted by Gasteiger charge is -2.38. The Morgan fingerprint density at radius 1 is 1.18 bits per heavy atom. The molecule has 0 spiro atoms. The van der Waals surface area contributed by atoms with Gasteiger partial charge in [0.2, 0.25) is 5.88 Å². The molecular formula is C26H29N5O3. The third-order valence-corrected chi connectivity index (χ3v) is 6.59. The van der Waals surface area contributed by atoms with Gasteiger partial charge in [0.1, 0.15) is 23.3 Å². The minimum atomic E-state index is -0.394. The summed E-state index contributed by atoms with van der Waals surface area (Å²) in [6.45, 7) is 5.58. The van der Waals surface area contributed by atoms with Crippen molar-refractivity contribution in [3.63, 3.8) is 0 Å². The number of ketones is 1. The summed E-state index contributed by atoms with van der Waals surface area (Å²) in [6.07, 6.45) is 9.08. The first-order valence-electron chi connectivity index (χ1n) is 11.5. The Morgan fingerprint density at radius 3 is 2.68 bits per heavy atom. The van der Waals surface area contributed by atoms with E-state index in [0.29, 0.717) is 47.6 Å². The molecule has 0 amide bonds. The zero-order valence-corrected chi connectivity index (χ0v) is 19.7. The largest absolute Gasteiger partial charge is 0.497 e. The summed E-state index contributed by atoms with van der Waals surface area (Å²) in [5.41, 5.74) is 2.37. The van der Waals surface area contributed by atoms with Crippen LogP contribution >= 0.6 is 0 Å². The first-order chi connectivity index (χ1) is 16.4. The highest BCUT2D eigenvalue weighted by molar-refractivity contribution is 6.00. The SMILES string of the molecule is COc1ccc([C@H]2C3=C(CC(C)(C)CC3=O)Oc3ncn(CCCn4ccnc4)c(=N)c32)cc1. The number of nitrogens with one attached hydrogen (secondary N) is 1. The number of hydrogen-bond donors (Lipinski definition) is 1. The van der Waals surface area contributed by atoms with Crippen molar-refractivity contribution in [1.82, 2.24) is 19.1 Å². The summed E-state index contributed by atoms with van der Waals surface area (Å²) in [7, 11) is 1.63. The summed E-state index contributed by atoms with van der Waals surface area (Å²) in [4.78, 5) is 22.1. The number of allylic oxidation sites excluding steroid dienone is 2. The van der Waals surface area contributed by atoms with Gasteiger partial charge in [-0.25, -0.2) is 9.97 Å². The van der Waals surface area contributed by atoms with Crippen LogP contribution in [0.15, 0.2) is 60.6 Å². The number of benzene rings is 1. The lowest BCUT2D eigenvalue weighted by molar-refractivity contribution is -0.118. The highest BCUT2D eigenvalue weighted by atomic mass is 16.5. The van der Waals surface area contributed by atoms with Gasteiger partial charge in [0.05, 0.1) is 19.0 Å². The fraction of sp³-hybridized carbons (Fsp3) is 0.385. The standard InChI is InChI=1S/C26H29N5O3/c1-26(2)13-19(32)22-20(14-26)34-25-23(21(22)17-5-7-18(33-3)8-6-17)24(27)31(16-29-25)11-4-10-30-12-9-28-15-30/h5-9,12,15-16,21,27H,4,10-11,13-14H2,1-3H3/t21-/m0/s1. The molecule has 1 atom stereocenters. The fourth-order valence-corrected chi connectivity index (χ4v) is 4.94. The van der Waals surface area contributed by atoms with E-state index in [1.165, 1.54) is 0 Å². The van der Waals surface area contributed by atoms with Crippen LogP contribution in [-0.2, 0) is 17.9 Å². The fourth-order valence-electron chi connectivity index (χ4n) is 4.94. The number of ether oxygens (including phenoxy) is 2. The molecule has 8 heteroatoms. The molecule has 1 aromatic carbocycles. The average Bonchev–Trinajstić information content (AvgIpc) is 3.32. The van der Waals surface area contributed by atoms with Crippen molar-refractivity contribution in [3.05, 3.63) is 77.3 Å². The van der Waals surface area contributed by atoms with Crippen LogP contribution in [0.4, 0.5) is 0 Å². The van der Waals surface area contributed by atoms with Crippen LogP contribution in [0.5, 0.6) is 11.6 Å². The molecule has 3 aromatic rings. The predicted molar refractivity (Wildman–Crippen MR) is 125 cm³/mol. The van der Waals surface area contributed by atoms with Gasteiger partial charge in [-0.1, -0.05) is 26.0 Å². The maximum atomic E-state index is 13.4. The van der Waals surface area contributed by atoms with Crippen LogP contribution in [0, 0.1) is 10.8 Å². The second-order valence-electron chi connectivity index (χ2n) is 9.75. The molecule has 1 N–H and O–H groups in total. The van der Waals surface area contributed by atoms with Gasteiger partial charge >= 0.3 is 0 Å². The number of imidazole rings is 1. The number of hydrogen-bond acceptors (Lipinski definition) is 6. The summed E-state index contributed by atoms with van der Waals surface area (Å²) >= 11 is 0. The highest BCUT2D eigenvalue weighted by Crippen LogP contribution is 2.48. The van der Waals surface area contributed by atoms with Crippen LogP contribution in [0.3, 0.4) is 0 Å². The number of aryl methyl sites for hydroxylation is 2. The molecule has 0 saturated heterocycles. The number of rotatable bonds is 6. The molecule has 1 aliphatic carbocycles. The Labute approximate surface area is 198 Å². The lowest BCUT2D eigenvalue weighted by atomic mass is 9.70. The monoisotopic (exact) mass is 459 g/mol. The summed E-state index contributed by atoms with van der Waals surface area (Å²) < 4.78 is 15.4. The van der Waals surface area contributed by atoms with Crippen molar-refractivity contribution in [2.75, 3.05) is 7.11 Å². The zero-order chi connectivity index (χ0) is 23.9. The maximum Gasteiger partial charge on any atom is 0.228 e. The van der Waals surface area contributed by atoms with Gasteiger partial charge in [0, 0.05) is 49.8 Å². The van der Waals surface area contributed by atoms with Crippen LogP contribution in [-0.4, -0.2) is 32.0 Å². The molecular weight excluding hydrogens is 430 g/mol.